The molecule has 0 saturated carbocycles. The molecule has 110 valence electrons. The van der Waals surface area contributed by atoms with E-state index in [1.165, 1.54) is 6.33 Å². The predicted molar refractivity (Wildman–Crippen MR) is 70.9 cm³/mol. The van der Waals surface area contributed by atoms with Gasteiger partial charge in [-0.25, -0.2) is 9.67 Å². The van der Waals surface area contributed by atoms with E-state index in [9.17, 15) is 9.59 Å². The number of piperidine rings is 1. The number of likely N-dealkylation sites (tertiary alicyclic amines) is 1. The number of hydrogen-bond acceptors (Lipinski definition) is 4. The van der Waals surface area contributed by atoms with Crippen LogP contribution in [0.1, 0.15) is 38.6 Å². The molecule has 0 aromatic carbocycles. The van der Waals surface area contributed by atoms with Crippen LogP contribution in [-0.2, 0) is 9.59 Å². The molecule has 1 aromatic heterocycles. The highest BCUT2D eigenvalue weighted by molar-refractivity contribution is 5.80. The topological polar surface area (TPSA) is 88.3 Å². The van der Waals surface area contributed by atoms with Gasteiger partial charge in [-0.15, -0.1) is 0 Å². The second-order valence-electron chi connectivity index (χ2n) is 5.25. The van der Waals surface area contributed by atoms with Crippen molar-refractivity contribution in [3.8, 4) is 0 Å². The van der Waals surface area contributed by atoms with Crippen LogP contribution in [-0.4, -0.2) is 49.7 Å². The van der Waals surface area contributed by atoms with Crippen LogP contribution in [0.15, 0.2) is 12.7 Å². The van der Waals surface area contributed by atoms with Crippen LogP contribution in [0.2, 0.25) is 0 Å². The summed E-state index contributed by atoms with van der Waals surface area (Å²) in [5.74, 6) is -0.285. The van der Waals surface area contributed by atoms with Gasteiger partial charge in [-0.1, -0.05) is 0 Å². The zero-order chi connectivity index (χ0) is 14.5. The Labute approximate surface area is 117 Å². The van der Waals surface area contributed by atoms with Crippen molar-refractivity contribution in [1.82, 2.24) is 19.7 Å². The smallest absolute Gasteiger partial charge is 0.303 e. The third-order valence-electron chi connectivity index (χ3n) is 3.88. The number of rotatable bonds is 5. The molecule has 1 atom stereocenters. The first kappa shape index (κ1) is 14.5. The lowest BCUT2D eigenvalue weighted by Gasteiger charge is -2.33. The zero-order valence-electron chi connectivity index (χ0n) is 11.6. The van der Waals surface area contributed by atoms with Crippen molar-refractivity contribution in [2.45, 2.75) is 38.6 Å². The second kappa shape index (κ2) is 6.49. The third kappa shape index (κ3) is 3.55. The van der Waals surface area contributed by atoms with E-state index in [1.807, 2.05) is 11.8 Å². The van der Waals surface area contributed by atoms with Gasteiger partial charge >= 0.3 is 5.97 Å². The van der Waals surface area contributed by atoms with E-state index in [0.717, 1.165) is 12.8 Å². The molecule has 1 aliphatic rings. The van der Waals surface area contributed by atoms with Crippen molar-refractivity contribution in [3.63, 3.8) is 0 Å². The number of carbonyl (C=O) groups excluding carboxylic acids is 1. The summed E-state index contributed by atoms with van der Waals surface area (Å²) >= 11 is 0. The summed E-state index contributed by atoms with van der Waals surface area (Å²) in [6, 6.07) is -0.340. The van der Waals surface area contributed by atoms with Gasteiger partial charge in [0.1, 0.15) is 18.7 Å². The van der Waals surface area contributed by atoms with Gasteiger partial charge in [-0.3, -0.25) is 9.59 Å². The quantitative estimate of drug-likeness (QED) is 0.867. The van der Waals surface area contributed by atoms with Gasteiger partial charge in [0.15, 0.2) is 0 Å². The number of amides is 1. The minimum Gasteiger partial charge on any atom is -0.481 e. The maximum absolute atomic E-state index is 12.3. The van der Waals surface area contributed by atoms with Gasteiger partial charge in [0.25, 0.3) is 0 Å². The molecule has 1 aliphatic heterocycles. The number of carboxylic acids is 1. The Hall–Kier alpha value is -1.92. The van der Waals surface area contributed by atoms with E-state index >= 15 is 0 Å². The summed E-state index contributed by atoms with van der Waals surface area (Å²) in [5.41, 5.74) is 0. The van der Waals surface area contributed by atoms with Crippen molar-refractivity contribution < 1.29 is 14.7 Å². The summed E-state index contributed by atoms with van der Waals surface area (Å²) in [4.78, 5) is 28.6. The number of aromatic nitrogens is 3. The lowest BCUT2D eigenvalue weighted by molar-refractivity contribution is -0.138. The van der Waals surface area contributed by atoms with Gasteiger partial charge in [0.2, 0.25) is 5.91 Å². The zero-order valence-corrected chi connectivity index (χ0v) is 11.6. The maximum atomic E-state index is 12.3. The van der Waals surface area contributed by atoms with E-state index in [-0.39, 0.29) is 18.4 Å². The fraction of sp³-hybridized carbons (Fsp3) is 0.692. The van der Waals surface area contributed by atoms with Crippen molar-refractivity contribution in [1.29, 1.82) is 0 Å². The standard InChI is InChI=1S/C13H20N4O3/c1-10(17-9-14-8-15-17)13(20)16-6-4-11(5-7-16)2-3-12(18)19/h8-11H,2-7H2,1H3,(H,18,19). The first-order valence-corrected chi connectivity index (χ1v) is 6.92. The summed E-state index contributed by atoms with van der Waals surface area (Å²) in [6.45, 7) is 3.21. The van der Waals surface area contributed by atoms with Crippen LogP contribution >= 0.6 is 0 Å². The molecule has 0 aliphatic carbocycles. The Balaban J connectivity index is 1.81. The molecule has 1 fully saturated rings. The van der Waals surface area contributed by atoms with Gasteiger partial charge in [-0.05, 0) is 32.1 Å². The summed E-state index contributed by atoms with van der Waals surface area (Å²) in [7, 11) is 0. The molecule has 1 saturated heterocycles. The largest absolute Gasteiger partial charge is 0.481 e. The number of aliphatic carboxylic acids is 1. The van der Waals surface area contributed by atoms with Gasteiger partial charge in [0, 0.05) is 19.5 Å². The van der Waals surface area contributed by atoms with Crippen LogP contribution < -0.4 is 0 Å². The average Bonchev–Trinajstić information content (AvgIpc) is 2.98. The Morgan fingerprint density at radius 3 is 2.65 bits per heavy atom. The Bertz CT molecular complexity index is 452. The van der Waals surface area contributed by atoms with E-state index in [2.05, 4.69) is 10.1 Å². The first-order valence-electron chi connectivity index (χ1n) is 6.92. The highest BCUT2D eigenvalue weighted by atomic mass is 16.4. The minimum atomic E-state index is -0.747. The molecular weight excluding hydrogens is 260 g/mol. The van der Waals surface area contributed by atoms with Crippen molar-refractivity contribution >= 4 is 11.9 Å². The van der Waals surface area contributed by atoms with Gasteiger partial charge in [0.05, 0.1) is 0 Å². The molecule has 1 aromatic rings. The normalized spacial score (nSPS) is 17.9. The van der Waals surface area contributed by atoms with E-state index in [4.69, 9.17) is 5.11 Å². The highest BCUT2D eigenvalue weighted by Crippen LogP contribution is 2.23. The molecule has 7 heteroatoms. The first-order chi connectivity index (χ1) is 9.58. The summed E-state index contributed by atoms with van der Waals surface area (Å²) < 4.78 is 1.55. The maximum Gasteiger partial charge on any atom is 0.303 e. The highest BCUT2D eigenvalue weighted by Gasteiger charge is 2.27. The van der Waals surface area contributed by atoms with Crippen LogP contribution in [0, 0.1) is 5.92 Å². The molecule has 0 radical (unpaired) electrons. The SMILES string of the molecule is CC(C(=O)N1CCC(CCC(=O)O)CC1)n1cncn1. The molecule has 1 N–H and O–H groups in total. The number of carboxylic acid groups (broad SMARTS) is 1. The van der Waals surface area contributed by atoms with Gasteiger partial charge in [-0.2, -0.15) is 5.10 Å². The summed E-state index contributed by atoms with van der Waals surface area (Å²) in [6.07, 6.45) is 5.64. The molecular formula is C13H20N4O3. The Kier molecular flexibility index (Phi) is 4.70. The fourth-order valence-electron chi connectivity index (χ4n) is 2.56. The Morgan fingerprint density at radius 2 is 2.10 bits per heavy atom. The predicted octanol–water partition coefficient (Wildman–Crippen LogP) is 0.942. The lowest BCUT2D eigenvalue weighted by Crippen LogP contribution is -2.42. The van der Waals surface area contributed by atoms with E-state index in [1.54, 1.807) is 11.0 Å². The van der Waals surface area contributed by atoms with E-state index < -0.39 is 5.97 Å². The molecule has 0 bridgehead atoms. The van der Waals surface area contributed by atoms with Crippen molar-refractivity contribution in [3.05, 3.63) is 12.7 Å². The molecule has 1 amide bonds. The summed E-state index contributed by atoms with van der Waals surface area (Å²) in [5, 5.41) is 12.7. The molecule has 2 heterocycles. The van der Waals surface area contributed by atoms with Crippen molar-refractivity contribution in [2.24, 2.45) is 5.92 Å². The monoisotopic (exact) mass is 280 g/mol. The van der Waals surface area contributed by atoms with E-state index in [0.29, 0.717) is 25.4 Å². The third-order valence-corrected chi connectivity index (χ3v) is 3.88. The number of hydrogen-bond donors (Lipinski definition) is 1. The fourth-order valence-corrected chi connectivity index (χ4v) is 2.56. The second-order valence-corrected chi connectivity index (χ2v) is 5.25. The van der Waals surface area contributed by atoms with Crippen LogP contribution in [0.4, 0.5) is 0 Å². The molecule has 0 spiro atoms. The molecule has 20 heavy (non-hydrogen) atoms. The average molecular weight is 280 g/mol. The van der Waals surface area contributed by atoms with Crippen LogP contribution in [0.5, 0.6) is 0 Å². The van der Waals surface area contributed by atoms with Crippen molar-refractivity contribution in [2.75, 3.05) is 13.1 Å². The number of carbonyl (C=O) groups is 2. The molecule has 1 unspecified atom stereocenters. The Morgan fingerprint density at radius 1 is 1.40 bits per heavy atom. The number of nitrogens with zero attached hydrogens (tertiary/aromatic N) is 4. The van der Waals surface area contributed by atoms with Gasteiger partial charge < -0.3 is 10.0 Å². The minimum absolute atomic E-state index is 0.0483. The lowest BCUT2D eigenvalue weighted by atomic mass is 9.92. The van der Waals surface area contributed by atoms with Crippen LogP contribution in [0.25, 0.3) is 0 Å². The van der Waals surface area contributed by atoms with Crippen LogP contribution in [0.3, 0.4) is 0 Å². The molecule has 2 rings (SSSR count). The molecule has 7 nitrogen and oxygen atoms in total.